The lowest BCUT2D eigenvalue weighted by Crippen LogP contribution is -2.27. The highest BCUT2D eigenvalue weighted by Crippen LogP contribution is 2.36. The minimum absolute atomic E-state index is 0.107. The van der Waals surface area contributed by atoms with Crippen molar-refractivity contribution in [3.8, 4) is 0 Å². The Balaban J connectivity index is 2.03. The second-order valence-corrected chi connectivity index (χ2v) is 5.96. The Morgan fingerprint density at radius 3 is 3.12 bits per heavy atom. The largest absolute Gasteiger partial charge is 0.338 e. The number of para-hydroxylation sites is 1. The van der Waals surface area contributed by atoms with E-state index >= 15 is 0 Å². The van der Waals surface area contributed by atoms with E-state index in [9.17, 15) is 4.79 Å². The first-order valence-corrected chi connectivity index (χ1v) is 7.93. The van der Waals surface area contributed by atoms with E-state index in [4.69, 9.17) is 4.84 Å². The molecular formula is C19H17N3O2. The molecule has 0 saturated heterocycles. The van der Waals surface area contributed by atoms with E-state index in [-0.39, 0.29) is 5.92 Å². The molecule has 0 amide bonds. The minimum Gasteiger partial charge on any atom is -0.338 e. The summed E-state index contributed by atoms with van der Waals surface area (Å²) in [5, 5.41) is 5.26. The summed E-state index contributed by atoms with van der Waals surface area (Å²) < 4.78 is 2.29. The van der Waals surface area contributed by atoms with Crippen molar-refractivity contribution in [3.63, 3.8) is 0 Å². The van der Waals surface area contributed by atoms with Gasteiger partial charge < -0.3 is 9.40 Å². The van der Waals surface area contributed by atoms with E-state index in [1.807, 2.05) is 30.5 Å². The number of benzene rings is 1. The van der Waals surface area contributed by atoms with Crippen LogP contribution in [0, 0.1) is 5.92 Å². The fraction of sp³-hybridized carbons (Fsp3) is 0.211. The van der Waals surface area contributed by atoms with Gasteiger partial charge in [-0.15, -0.1) is 6.58 Å². The molecule has 0 N–H and O–H groups in total. The molecule has 1 unspecified atom stereocenters. The molecule has 1 aliphatic rings. The number of pyridine rings is 1. The Morgan fingerprint density at radius 2 is 2.33 bits per heavy atom. The predicted octanol–water partition coefficient (Wildman–Crippen LogP) is 3.66. The van der Waals surface area contributed by atoms with Crippen LogP contribution in [0.1, 0.15) is 18.9 Å². The zero-order valence-electron chi connectivity index (χ0n) is 13.4. The maximum absolute atomic E-state index is 11.2. The van der Waals surface area contributed by atoms with Crippen LogP contribution in [0.2, 0.25) is 0 Å². The number of aromatic nitrogens is 2. The fourth-order valence-electron chi connectivity index (χ4n) is 3.52. The van der Waals surface area contributed by atoms with Crippen LogP contribution in [0.15, 0.2) is 54.3 Å². The summed E-state index contributed by atoms with van der Waals surface area (Å²) in [4.78, 5) is 20.7. The molecule has 5 nitrogen and oxygen atoms in total. The maximum Gasteiger partial charge on any atom is 0.331 e. The maximum atomic E-state index is 11.2. The number of fused-ring (bicyclic) bond motifs is 3. The zero-order chi connectivity index (χ0) is 16.7. The monoisotopic (exact) mass is 319 g/mol. The number of oxime groups is 1. The van der Waals surface area contributed by atoms with Crippen LogP contribution in [0.4, 0.5) is 0 Å². The molecule has 0 saturated carbocycles. The van der Waals surface area contributed by atoms with Crippen molar-refractivity contribution >= 4 is 33.6 Å². The minimum atomic E-state index is -0.417. The Morgan fingerprint density at radius 1 is 1.46 bits per heavy atom. The van der Waals surface area contributed by atoms with Gasteiger partial charge in [0.05, 0.1) is 22.3 Å². The smallest absolute Gasteiger partial charge is 0.331 e. The van der Waals surface area contributed by atoms with Gasteiger partial charge in [-0.25, -0.2) is 4.79 Å². The van der Waals surface area contributed by atoms with Crippen LogP contribution in [-0.4, -0.2) is 21.2 Å². The molecule has 0 aliphatic carbocycles. The van der Waals surface area contributed by atoms with E-state index in [1.165, 1.54) is 6.92 Å². The Bertz CT molecular complexity index is 1000. The Labute approximate surface area is 139 Å². The van der Waals surface area contributed by atoms with Crippen LogP contribution in [0.5, 0.6) is 0 Å². The second kappa shape index (κ2) is 5.60. The normalized spacial score (nSPS) is 18.2. The lowest BCUT2D eigenvalue weighted by Gasteiger charge is -2.25. The molecule has 3 aromatic rings. The summed E-state index contributed by atoms with van der Waals surface area (Å²) in [6, 6.07) is 10.1. The van der Waals surface area contributed by atoms with Crippen molar-refractivity contribution < 1.29 is 9.63 Å². The van der Waals surface area contributed by atoms with Crippen molar-refractivity contribution in [2.24, 2.45) is 11.1 Å². The quantitative estimate of drug-likeness (QED) is 0.420. The van der Waals surface area contributed by atoms with Crippen LogP contribution < -0.4 is 0 Å². The van der Waals surface area contributed by atoms with Crippen LogP contribution in [0.25, 0.3) is 21.9 Å². The van der Waals surface area contributed by atoms with Gasteiger partial charge in [-0.05, 0) is 18.6 Å². The van der Waals surface area contributed by atoms with Gasteiger partial charge in [-0.1, -0.05) is 29.4 Å². The number of rotatable bonds is 3. The molecule has 0 bridgehead atoms. The average molecular weight is 319 g/mol. The molecule has 4 rings (SSSR count). The molecule has 0 spiro atoms. The number of carbonyl (C=O) groups excluding carboxylic acids is 1. The van der Waals surface area contributed by atoms with Gasteiger partial charge in [0.15, 0.2) is 0 Å². The summed E-state index contributed by atoms with van der Waals surface area (Å²) >= 11 is 0. The van der Waals surface area contributed by atoms with Crippen LogP contribution in [-0.2, 0) is 16.2 Å². The Kier molecular flexibility index (Phi) is 3.41. The van der Waals surface area contributed by atoms with Gasteiger partial charge in [0.2, 0.25) is 0 Å². The summed E-state index contributed by atoms with van der Waals surface area (Å²) in [6.07, 6.45) is 4.45. The van der Waals surface area contributed by atoms with E-state index in [2.05, 4.69) is 33.4 Å². The molecule has 3 heterocycles. The molecule has 5 heteroatoms. The second-order valence-electron chi connectivity index (χ2n) is 5.96. The first kappa shape index (κ1) is 14.6. The molecule has 1 aliphatic heterocycles. The summed E-state index contributed by atoms with van der Waals surface area (Å²) in [6.45, 7) is 5.97. The van der Waals surface area contributed by atoms with E-state index in [1.54, 1.807) is 0 Å². The van der Waals surface area contributed by atoms with Crippen molar-refractivity contribution in [1.29, 1.82) is 0 Å². The highest BCUT2D eigenvalue weighted by atomic mass is 16.7. The van der Waals surface area contributed by atoms with Crippen LogP contribution in [0.3, 0.4) is 0 Å². The average Bonchev–Trinajstić information content (AvgIpc) is 2.90. The third kappa shape index (κ3) is 2.12. The molecule has 24 heavy (non-hydrogen) atoms. The van der Waals surface area contributed by atoms with Gasteiger partial charge >= 0.3 is 5.97 Å². The highest BCUT2D eigenvalue weighted by molar-refractivity contribution is 6.18. The van der Waals surface area contributed by atoms with Gasteiger partial charge in [-0.3, -0.25) is 4.98 Å². The zero-order valence-corrected chi connectivity index (χ0v) is 13.4. The first-order valence-electron chi connectivity index (χ1n) is 7.93. The predicted molar refractivity (Wildman–Crippen MR) is 93.8 cm³/mol. The third-order valence-corrected chi connectivity index (χ3v) is 4.43. The van der Waals surface area contributed by atoms with Crippen molar-refractivity contribution in [2.75, 3.05) is 0 Å². The fourth-order valence-corrected chi connectivity index (χ4v) is 3.52. The van der Waals surface area contributed by atoms with Crippen molar-refractivity contribution in [2.45, 2.75) is 19.9 Å². The van der Waals surface area contributed by atoms with Gasteiger partial charge in [-0.2, -0.15) is 0 Å². The third-order valence-electron chi connectivity index (χ3n) is 4.43. The molecule has 0 fully saturated rings. The van der Waals surface area contributed by atoms with Gasteiger partial charge in [0.25, 0.3) is 0 Å². The summed E-state index contributed by atoms with van der Waals surface area (Å²) in [5.74, 6) is -0.310. The lowest BCUT2D eigenvalue weighted by molar-refractivity contribution is -0.140. The van der Waals surface area contributed by atoms with Gasteiger partial charge in [0, 0.05) is 36.5 Å². The topological polar surface area (TPSA) is 56.5 Å². The van der Waals surface area contributed by atoms with E-state index < -0.39 is 5.97 Å². The number of hydrogen-bond acceptors (Lipinski definition) is 4. The van der Waals surface area contributed by atoms with Crippen molar-refractivity contribution in [1.82, 2.24) is 9.55 Å². The SMILES string of the molecule is C=CCC1Cn2c3cccnc3c3cccc(c32)/C1=N/OC(C)=O. The summed E-state index contributed by atoms with van der Waals surface area (Å²) in [5.41, 5.74) is 4.98. The number of carbonyl (C=O) groups is 1. The molecule has 0 radical (unpaired) electrons. The molecule has 120 valence electrons. The number of nitrogens with zero attached hydrogens (tertiary/aromatic N) is 3. The van der Waals surface area contributed by atoms with E-state index in [0.717, 1.165) is 46.2 Å². The van der Waals surface area contributed by atoms with Crippen LogP contribution >= 0.6 is 0 Å². The lowest BCUT2D eigenvalue weighted by atomic mass is 9.89. The number of allylic oxidation sites excluding steroid dienone is 1. The molecule has 1 aromatic carbocycles. The highest BCUT2D eigenvalue weighted by Gasteiger charge is 2.29. The van der Waals surface area contributed by atoms with E-state index in [0.29, 0.717) is 0 Å². The molecule has 1 atom stereocenters. The Hall–Kier alpha value is -2.95. The molecule has 2 aromatic heterocycles. The summed E-state index contributed by atoms with van der Waals surface area (Å²) in [7, 11) is 0. The standard InChI is InChI=1S/C19H17N3O2/c1-3-6-13-11-22-16-9-5-10-20-18(16)15-8-4-7-14(19(15)22)17(13)21-24-12(2)23/h3-5,7-10,13H,1,6,11H2,2H3/b21-17+. The first-order chi connectivity index (χ1) is 11.7. The van der Waals surface area contributed by atoms with Gasteiger partial charge in [0.1, 0.15) is 0 Å². The number of hydrogen-bond donors (Lipinski definition) is 0. The van der Waals surface area contributed by atoms with Crippen molar-refractivity contribution in [3.05, 3.63) is 54.7 Å². The molecular weight excluding hydrogens is 302 g/mol.